The van der Waals surface area contributed by atoms with Gasteiger partial charge in [0, 0.05) is 24.2 Å². The van der Waals surface area contributed by atoms with Crippen LogP contribution in [0.5, 0.6) is 0 Å². The third-order valence-electron chi connectivity index (χ3n) is 5.71. The molecule has 0 atom stereocenters. The molecule has 8 heteroatoms. The van der Waals surface area contributed by atoms with Crippen LogP contribution in [0, 0.1) is 0 Å². The van der Waals surface area contributed by atoms with E-state index in [2.05, 4.69) is 5.32 Å². The van der Waals surface area contributed by atoms with Crippen molar-refractivity contribution in [2.45, 2.75) is 24.8 Å². The number of carbonyl (C=O) groups excluding carboxylic acids is 3. The molecule has 148 valence electrons. The minimum atomic E-state index is -0.474. The fourth-order valence-electron chi connectivity index (χ4n) is 3.95. The Morgan fingerprint density at radius 2 is 1.79 bits per heavy atom. The van der Waals surface area contributed by atoms with E-state index >= 15 is 0 Å². The number of anilines is 2. The molecule has 5 rings (SSSR count). The number of carbonyl (C=O) groups is 3. The normalized spacial score (nSPS) is 20.1. The highest BCUT2D eigenvalue weighted by molar-refractivity contribution is 6.36. The van der Waals surface area contributed by atoms with Crippen molar-refractivity contribution in [3.63, 3.8) is 0 Å². The Labute approximate surface area is 172 Å². The maximum absolute atomic E-state index is 12.2. The number of halogens is 1. The fourth-order valence-corrected chi connectivity index (χ4v) is 4.28. The first-order valence-electron chi connectivity index (χ1n) is 9.46. The van der Waals surface area contributed by atoms with Crippen molar-refractivity contribution in [2.75, 3.05) is 23.0 Å². The smallest absolute Gasteiger partial charge is 0.415 e. The number of rotatable bonds is 3. The second-order valence-electron chi connectivity index (χ2n) is 7.55. The highest BCUT2D eigenvalue weighted by Gasteiger charge is 2.57. The van der Waals surface area contributed by atoms with E-state index < -0.39 is 6.03 Å². The van der Waals surface area contributed by atoms with E-state index in [9.17, 15) is 14.4 Å². The van der Waals surface area contributed by atoms with Crippen LogP contribution >= 0.6 is 11.6 Å². The van der Waals surface area contributed by atoms with Crippen molar-refractivity contribution in [1.29, 1.82) is 0 Å². The van der Waals surface area contributed by atoms with Gasteiger partial charge < -0.3 is 4.74 Å². The lowest BCUT2D eigenvalue weighted by molar-refractivity contribution is -0.120. The van der Waals surface area contributed by atoms with Crippen LogP contribution in [0.25, 0.3) is 11.1 Å². The summed E-state index contributed by atoms with van der Waals surface area (Å²) >= 11 is 6.63. The number of urea groups is 1. The van der Waals surface area contributed by atoms with E-state index in [4.69, 9.17) is 16.3 Å². The molecule has 2 aromatic carbocycles. The average molecular weight is 412 g/mol. The van der Waals surface area contributed by atoms with Gasteiger partial charge in [0.15, 0.2) is 0 Å². The van der Waals surface area contributed by atoms with E-state index in [1.54, 1.807) is 11.0 Å². The number of hydrogen-bond acceptors (Lipinski definition) is 4. The third-order valence-corrected chi connectivity index (χ3v) is 6.11. The molecule has 1 N–H and O–H groups in total. The monoisotopic (exact) mass is 411 g/mol. The molecule has 0 radical (unpaired) electrons. The summed E-state index contributed by atoms with van der Waals surface area (Å²) in [6.45, 7) is 0.730. The van der Waals surface area contributed by atoms with Crippen LogP contribution in [-0.2, 0) is 9.53 Å². The molecule has 2 saturated heterocycles. The molecule has 3 fully saturated rings. The number of cyclic esters (lactones) is 1. The standard InChI is InChI=1S/C21H18ClN3O4/c22-18-15(2-1-3-16(18)24-11-8-17(26)23-19(24)27)13-4-6-14(7-5-13)25-20(28)29-12-21(25)9-10-21/h1-7H,8-12H2,(H,23,26,27). The van der Waals surface area contributed by atoms with Crippen LogP contribution in [-0.4, -0.2) is 36.7 Å². The van der Waals surface area contributed by atoms with E-state index in [0.29, 0.717) is 17.3 Å². The Morgan fingerprint density at radius 3 is 2.48 bits per heavy atom. The van der Waals surface area contributed by atoms with Gasteiger partial charge >= 0.3 is 12.1 Å². The highest BCUT2D eigenvalue weighted by Crippen LogP contribution is 2.48. The zero-order valence-electron chi connectivity index (χ0n) is 15.5. The van der Waals surface area contributed by atoms with Crippen molar-refractivity contribution in [2.24, 2.45) is 0 Å². The summed E-state index contributed by atoms with van der Waals surface area (Å²) < 4.78 is 5.23. The molecule has 2 heterocycles. The maximum Gasteiger partial charge on any atom is 0.415 e. The highest BCUT2D eigenvalue weighted by atomic mass is 35.5. The topological polar surface area (TPSA) is 79.0 Å². The lowest BCUT2D eigenvalue weighted by Crippen LogP contribution is -2.49. The average Bonchev–Trinajstić information content (AvgIpc) is 3.41. The van der Waals surface area contributed by atoms with E-state index in [1.165, 1.54) is 4.90 Å². The Balaban J connectivity index is 1.45. The van der Waals surface area contributed by atoms with Gasteiger partial charge in [0.2, 0.25) is 5.91 Å². The number of hydrogen-bond donors (Lipinski definition) is 1. The first kappa shape index (κ1) is 18.0. The van der Waals surface area contributed by atoms with Crippen LogP contribution in [0.15, 0.2) is 42.5 Å². The summed E-state index contributed by atoms with van der Waals surface area (Å²) in [4.78, 5) is 38.9. The fraction of sp³-hybridized carbons (Fsp3) is 0.286. The summed E-state index contributed by atoms with van der Waals surface area (Å²) in [5, 5.41) is 2.75. The molecule has 2 aliphatic heterocycles. The van der Waals surface area contributed by atoms with Gasteiger partial charge in [-0.15, -0.1) is 0 Å². The molecule has 7 nitrogen and oxygen atoms in total. The quantitative estimate of drug-likeness (QED) is 0.829. The molecular weight excluding hydrogens is 394 g/mol. The molecular formula is C21H18ClN3O4. The van der Waals surface area contributed by atoms with E-state index in [0.717, 1.165) is 29.7 Å². The third kappa shape index (κ3) is 2.93. The Bertz CT molecular complexity index is 1030. The number of imide groups is 1. The van der Waals surface area contributed by atoms with Crippen LogP contribution in [0.1, 0.15) is 19.3 Å². The molecule has 4 amide bonds. The molecule has 2 aromatic rings. The first-order chi connectivity index (χ1) is 14.0. The number of amides is 4. The molecule has 1 spiro atoms. The lowest BCUT2D eigenvalue weighted by atomic mass is 10.0. The Morgan fingerprint density at radius 1 is 1.03 bits per heavy atom. The molecule has 1 saturated carbocycles. The van der Waals surface area contributed by atoms with Gasteiger partial charge in [0.25, 0.3) is 0 Å². The van der Waals surface area contributed by atoms with Crippen molar-refractivity contribution in [1.82, 2.24) is 5.32 Å². The van der Waals surface area contributed by atoms with Crippen LogP contribution in [0.2, 0.25) is 5.02 Å². The lowest BCUT2D eigenvalue weighted by Gasteiger charge is -2.28. The van der Waals surface area contributed by atoms with Gasteiger partial charge in [0.05, 0.1) is 16.2 Å². The van der Waals surface area contributed by atoms with Gasteiger partial charge in [-0.25, -0.2) is 9.59 Å². The Hall–Kier alpha value is -3.06. The van der Waals surface area contributed by atoms with E-state index in [1.807, 2.05) is 36.4 Å². The van der Waals surface area contributed by atoms with Gasteiger partial charge in [-0.3, -0.25) is 19.9 Å². The zero-order chi connectivity index (χ0) is 20.2. The summed E-state index contributed by atoms with van der Waals surface area (Å²) in [6.07, 6.45) is 1.83. The summed E-state index contributed by atoms with van der Waals surface area (Å²) in [6, 6.07) is 12.6. The van der Waals surface area contributed by atoms with Crippen molar-refractivity contribution in [3.05, 3.63) is 47.5 Å². The SMILES string of the molecule is O=C1CCN(c2cccc(-c3ccc(N4C(=O)OCC45CC5)cc3)c2Cl)C(=O)N1. The zero-order valence-corrected chi connectivity index (χ0v) is 16.2. The number of nitrogens with zero attached hydrogens (tertiary/aromatic N) is 2. The minimum Gasteiger partial charge on any atom is -0.447 e. The summed E-state index contributed by atoms with van der Waals surface area (Å²) in [5.41, 5.74) is 2.82. The van der Waals surface area contributed by atoms with Crippen molar-refractivity contribution < 1.29 is 19.1 Å². The van der Waals surface area contributed by atoms with Gasteiger partial charge in [-0.1, -0.05) is 35.9 Å². The molecule has 0 aromatic heterocycles. The number of nitrogens with one attached hydrogen (secondary N) is 1. The van der Waals surface area contributed by atoms with Crippen LogP contribution < -0.4 is 15.1 Å². The molecule has 1 aliphatic carbocycles. The van der Waals surface area contributed by atoms with Crippen LogP contribution in [0.3, 0.4) is 0 Å². The second-order valence-corrected chi connectivity index (χ2v) is 7.93. The second kappa shape index (κ2) is 6.49. The van der Waals surface area contributed by atoms with Gasteiger partial charge in [0.1, 0.15) is 6.61 Å². The molecule has 0 unspecified atom stereocenters. The predicted molar refractivity (Wildman–Crippen MR) is 108 cm³/mol. The van der Waals surface area contributed by atoms with Gasteiger partial charge in [-0.05, 0) is 36.6 Å². The van der Waals surface area contributed by atoms with Gasteiger partial charge in [-0.2, -0.15) is 0 Å². The summed E-state index contributed by atoms with van der Waals surface area (Å²) in [5.74, 6) is -0.289. The first-order valence-corrected chi connectivity index (χ1v) is 9.84. The minimum absolute atomic E-state index is 0.171. The molecule has 3 aliphatic rings. The van der Waals surface area contributed by atoms with Crippen molar-refractivity contribution in [3.8, 4) is 11.1 Å². The van der Waals surface area contributed by atoms with E-state index in [-0.39, 0.29) is 30.5 Å². The Kier molecular flexibility index (Phi) is 4.03. The molecule has 29 heavy (non-hydrogen) atoms. The van der Waals surface area contributed by atoms with Crippen molar-refractivity contribution >= 4 is 41.0 Å². The molecule has 0 bridgehead atoms. The number of ether oxygens (including phenoxy) is 1. The predicted octanol–water partition coefficient (Wildman–Crippen LogP) is 3.94. The summed E-state index contributed by atoms with van der Waals surface area (Å²) in [7, 11) is 0. The number of benzene rings is 2. The maximum atomic E-state index is 12.2. The van der Waals surface area contributed by atoms with Crippen LogP contribution in [0.4, 0.5) is 21.0 Å². The largest absolute Gasteiger partial charge is 0.447 e.